The minimum Gasteiger partial charge on any atom is -0.275 e. The average molecular weight is 314 g/mol. The lowest BCUT2D eigenvalue weighted by Gasteiger charge is -2.15. The summed E-state index contributed by atoms with van der Waals surface area (Å²) in [6, 6.07) is 3.65. The van der Waals surface area contributed by atoms with Crippen LogP contribution in [0.3, 0.4) is 0 Å². The van der Waals surface area contributed by atoms with Gasteiger partial charge >= 0.3 is 0 Å². The van der Waals surface area contributed by atoms with E-state index in [2.05, 4.69) is 4.72 Å². The standard InChI is InChI=1S/C14H22N2O4S/c1-10-8-11(2)14(12(3)9-10)21(18,19)15-7-6-13(17)16(4)20-5/h8-9,15H,6-7H2,1-5H3. The molecule has 1 aromatic carbocycles. The molecule has 21 heavy (non-hydrogen) atoms. The Balaban J connectivity index is 2.82. The first kappa shape index (κ1) is 17.6. The Morgan fingerprint density at radius 1 is 1.24 bits per heavy atom. The Morgan fingerprint density at radius 2 is 1.76 bits per heavy atom. The molecule has 1 rings (SSSR count). The highest BCUT2D eigenvalue weighted by molar-refractivity contribution is 7.89. The number of aryl methyl sites for hydroxylation is 3. The maximum Gasteiger partial charge on any atom is 0.247 e. The van der Waals surface area contributed by atoms with Gasteiger partial charge in [-0.15, -0.1) is 0 Å². The van der Waals surface area contributed by atoms with Gasteiger partial charge in [0.15, 0.2) is 0 Å². The van der Waals surface area contributed by atoms with Crippen molar-refractivity contribution in [3.8, 4) is 0 Å². The maximum atomic E-state index is 12.3. The Labute approximate surface area is 126 Å². The summed E-state index contributed by atoms with van der Waals surface area (Å²) in [5, 5.41) is 1.07. The Hall–Kier alpha value is -1.44. The lowest BCUT2D eigenvalue weighted by atomic mass is 10.1. The van der Waals surface area contributed by atoms with Crippen LogP contribution >= 0.6 is 0 Å². The smallest absolute Gasteiger partial charge is 0.247 e. The summed E-state index contributed by atoms with van der Waals surface area (Å²) in [7, 11) is -0.775. The number of sulfonamides is 1. The van der Waals surface area contributed by atoms with Crippen molar-refractivity contribution in [1.29, 1.82) is 0 Å². The van der Waals surface area contributed by atoms with Crippen LogP contribution in [0.25, 0.3) is 0 Å². The van der Waals surface area contributed by atoms with Gasteiger partial charge in [0, 0.05) is 20.0 Å². The number of carbonyl (C=O) groups excluding carboxylic acids is 1. The molecular weight excluding hydrogens is 292 g/mol. The molecule has 0 aliphatic rings. The highest BCUT2D eigenvalue weighted by Gasteiger charge is 2.20. The molecule has 0 saturated heterocycles. The molecule has 0 atom stereocenters. The van der Waals surface area contributed by atoms with Crippen molar-refractivity contribution in [1.82, 2.24) is 9.79 Å². The van der Waals surface area contributed by atoms with Gasteiger partial charge < -0.3 is 0 Å². The fraction of sp³-hybridized carbons (Fsp3) is 0.500. The molecule has 0 bridgehead atoms. The van der Waals surface area contributed by atoms with E-state index in [1.165, 1.54) is 14.2 Å². The zero-order valence-electron chi connectivity index (χ0n) is 13.1. The summed E-state index contributed by atoms with van der Waals surface area (Å²) in [5.41, 5.74) is 2.40. The highest BCUT2D eigenvalue weighted by Crippen LogP contribution is 2.21. The van der Waals surface area contributed by atoms with Gasteiger partial charge in [0.25, 0.3) is 0 Å². The van der Waals surface area contributed by atoms with Gasteiger partial charge in [-0.2, -0.15) is 0 Å². The van der Waals surface area contributed by atoms with Crippen LogP contribution in [0, 0.1) is 20.8 Å². The molecule has 0 spiro atoms. The summed E-state index contributed by atoms with van der Waals surface area (Å²) in [6.45, 7) is 5.47. The largest absolute Gasteiger partial charge is 0.275 e. The van der Waals surface area contributed by atoms with Crippen LogP contribution in [-0.4, -0.2) is 40.1 Å². The highest BCUT2D eigenvalue weighted by atomic mass is 32.2. The minimum atomic E-state index is -3.63. The first-order valence-corrected chi connectivity index (χ1v) is 8.05. The van der Waals surface area contributed by atoms with Crippen molar-refractivity contribution in [2.24, 2.45) is 0 Å². The Kier molecular flexibility index (Phi) is 5.88. The molecule has 0 aliphatic heterocycles. The predicted molar refractivity (Wildman–Crippen MR) is 80.2 cm³/mol. The molecule has 1 N–H and O–H groups in total. The van der Waals surface area contributed by atoms with Gasteiger partial charge in [-0.25, -0.2) is 18.2 Å². The fourth-order valence-electron chi connectivity index (χ4n) is 2.21. The van der Waals surface area contributed by atoms with Gasteiger partial charge in [-0.05, 0) is 31.9 Å². The van der Waals surface area contributed by atoms with Crippen LogP contribution in [0.1, 0.15) is 23.1 Å². The zero-order chi connectivity index (χ0) is 16.2. The molecule has 0 unspecified atom stereocenters. The molecule has 0 fully saturated rings. The molecule has 0 aromatic heterocycles. The number of hydroxylamine groups is 2. The minimum absolute atomic E-state index is 0.0294. The van der Waals surface area contributed by atoms with Crippen LogP contribution in [0.5, 0.6) is 0 Å². The zero-order valence-corrected chi connectivity index (χ0v) is 13.9. The molecule has 7 heteroatoms. The van der Waals surface area contributed by atoms with E-state index >= 15 is 0 Å². The van der Waals surface area contributed by atoms with Crippen molar-refractivity contribution in [2.75, 3.05) is 20.7 Å². The van der Waals surface area contributed by atoms with Gasteiger partial charge in [-0.3, -0.25) is 9.63 Å². The normalized spacial score (nSPS) is 11.5. The number of nitrogens with one attached hydrogen (secondary N) is 1. The first-order chi connectivity index (χ1) is 9.69. The topological polar surface area (TPSA) is 75.7 Å². The Bertz CT molecular complexity index is 603. The molecule has 1 aromatic rings. The SMILES string of the molecule is CON(C)C(=O)CCNS(=O)(=O)c1c(C)cc(C)cc1C. The lowest BCUT2D eigenvalue weighted by molar-refractivity contribution is -0.168. The van der Waals surface area contributed by atoms with Crippen molar-refractivity contribution < 1.29 is 18.0 Å². The molecule has 118 valence electrons. The number of hydrogen-bond donors (Lipinski definition) is 1. The molecule has 6 nitrogen and oxygen atoms in total. The van der Waals surface area contributed by atoms with Crippen LogP contribution < -0.4 is 4.72 Å². The third-order valence-electron chi connectivity index (χ3n) is 3.13. The summed E-state index contributed by atoms with van der Waals surface area (Å²) < 4.78 is 27.1. The number of amides is 1. The number of nitrogens with zero attached hydrogens (tertiary/aromatic N) is 1. The molecule has 0 saturated carbocycles. The molecule has 0 radical (unpaired) electrons. The third kappa shape index (κ3) is 4.52. The van der Waals surface area contributed by atoms with E-state index < -0.39 is 10.0 Å². The number of carbonyl (C=O) groups is 1. The van der Waals surface area contributed by atoms with E-state index in [1.807, 2.05) is 19.1 Å². The van der Waals surface area contributed by atoms with E-state index in [1.54, 1.807) is 13.8 Å². The molecular formula is C14H22N2O4S. The van der Waals surface area contributed by atoms with Crippen LogP contribution in [-0.2, 0) is 19.7 Å². The average Bonchev–Trinajstić information content (AvgIpc) is 2.35. The van der Waals surface area contributed by atoms with Crippen molar-refractivity contribution >= 4 is 15.9 Å². The first-order valence-electron chi connectivity index (χ1n) is 6.57. The van der Waals surface area contributed by atoms with Crippen LogP contribution in [0.2, 0.25) is 0 Å². The summed E-state index contributed by atoms with van der Waals surface area (Å²) in [4.78, 5) is 16.6. The van der Waals surface area contributed by atoms with Gasteiger partial charge in [0.1, 0.15) is 0 Å². The number of rotatable bonds is 6. The molecule has 0 aliphatic carbocycles. The monoisotopic (exact) mass is 314 g/mol. The van der Waals surface area contributed by atoms with Crippen molar-refractivity contribution in [3.05, 3.63) is 28.8 Å². The fourth-order valence-corrected chi connectivity index (χ4v) is 3.70. The third-order valence-corrected chi connectivity index (χ3v) is 4.89. The second-order valence-corrected chi connectivity index (χ2v) is 6.65. The molecule has 1 amide bonds. The number of benzene rings is 1. The lowest BCUT2D eigenvalue weighted by Crippen LogP contribution is -2.32. The Morgan fingerprint density at radius 3 is 2.24 bits per heavy atom. The quantitative estimate of drug-likeness (QED) is 0.803. The molecule has 0 heterocycles. The van der Waals surface area contributed by atoms with E-state index in [0.717, 1.165) is 10.6 Å². The van der Waals surface area contributed by atoms with E-state index in [-0.39, 0.29) is 23.8 Å². The van der Waals surface area contributed by atoms with Gasteiger partial charge in [-0.1, -0.05) is 17.7 Å². The van der Waals surface area contributed by atoms with Crippen LogP contribution in [0.15, 0.2) is 17.0 Å². The summed E-state index contributed by atoms with van der Waals surface area (Å²) >= 11 is 0. The van der Waals surface area contributed by atoms with Gasteiger partial charge in [0.2, 0.25) is 15.9 Å². The summed E-state index contributed by atoms with van der Waals surface area (Å²) in [6.07, 6.45) is 0.0352. The second-order valence-electron chi connectivity index (χ2n) is 4.95. The van der Waals surface area contributed by atoms with Crippen LogP contribution in [0.4, 0.5) is 0 Å². The van der Waals surface area contributed by atoms with E-state index in [4.69, 9.17) is 4.84 Å². The van der Waals surface area contributed by atoms with Gasteiger partial charge in [0.05, 0.1) is 12.0 Å². The maximum absolute atomic E-state index is 12.3. The van der Waals surface area contributed by atoms with Crippen molar-refractivity contribution in [3.63, 3.8) is 0 Å². The van der Waals surface area contributed by atoms with E-state index in [9.17, 15) is 13.2 Å². The van der Waals surface area contributed by atoms with Crippen molar-refractivity contribution in [2.45, 2.75) is 32.1 Å². The number of hydrogen-bond acceptors (Lipinski definition) is 4. The second kappa shape index (κ2) is 7.02. The summed E-state index contributed by atoms with van der Waals surface area (Å²) in [5.74, 6) is -0.294. The van der Waals surface area contributed by atoms with E-state index in [0.29, 0.717) is 11.1 Å². The predicted octanol–water partition coefficient (Wildman–Crippen LogP) is 1.30.